The molecule has 1 N–H and O–H groups in total. The van der Waals surface area contributed by atoms with Crippen molar-refractivity contribution in [3.63, 3.8) is 0 Å². The van der Waals surface area contributed by atoms with Crippen LogP contribution in [0.3, 0.4) is 0 Å². The van der Waals surface area contributed by atoms with E-state index >= 15 is 0 Å². The number of furan rings is 2. The Morgan fingerprint density at radius 3 is 2.67 bits per heavy atom. The summed E-state index contributed by atoms with van der Waals surface area (Å²) >= 11 is 2.63. The van der Waals surface area contributed by atoms with Crippen LogP contribution in [0.15, 0.2) is 50.0 Å². The molecule has 0 radical (unpaired) electrons. The molecule has 12 heteroatoms. The average molecular weight is 469 g/mol. The predicted molar refractivity (Wildman–Crippen MR) is 113 cm³/mol. The molecular weight excluding hydrogens is 448 g/mol. The van der Waals surface area contributed by atoms with Gasteiger partial charge in [-0.15, -0.1) is 10.2 Å². The van der Waals surface area contributed by atoms with Gasteiger partial charge in [-0.25, -0.2) is 8.42 Å². The summed E-state index contributed by atoms with van der Waals surface area (Å²) in [4.78, 5) is 14.5. The van der Waals surface area contributed by atoms with E-state index in [1.54, 1.807) is 23.3 Å². The molecule has 0 unspecified atom stereocenters. The maximum Gasteiger partial charge on any atom is 0.233 e. The van der Waals surface area contributed by atoms with E-state index in [0.717, 1.165) is 5.76 Å². The molecule has 1 fully saturated rings. The van der Waals surface area contributed by atoms with E-state index in [1.807, 2.05) is 12.1 Å². The van der Waals surface area contributed by atoms with Crippen LogP contribution in [0.5, 0.6) is 0 Å². The van der Waals surface area contributed by atoms with Gasteiger partial charge >= 0.3 is 0 Å². The molecule has 1 aliphatic rings. The summed E-state index contributed by atoms with van der Waals surface area (Å²) in [7, 11) is -3.11. The van der Waals surface area contributed by atoms with Crippen LogP contribution in [0.25, 0.3) is 0 Å². The highest BCUT2D eigenvalue weighted by atomic mass is 32.2. The predicted octanol–water partition coefficient (Wildman–Crippen LogP) is 2.64. The highest BCUT2D eigenvalue weighted by Gasteiger charge is 2.35. The highest BCUT2D eigenvalue weighted by Crippen LogP contribution is 2.27. The van der Waals surface area contributed by atoms with E-state index in [1.165, 1.54) is 29.4 Å². The van der Waals surface area contributed by atoms with Crippen molar-refractivity contribution in [2.75, 3.05) is 22.6 Å². The van der Waals surface area contributed by atoms with Crippen molar-refractivity contribution in [2.24, 2.45) is 0 Å². The fraction of sp³-hybridized carbons (Fsp3) is 0.389. The lowest BCUT2D eigenvalue weighted by Crippen LogP contribution is -2.41. The second-order valence-electron chi connectivity index (χ2n) is 6.75. The third-order valence-electron chi connectivity index (χ3n) is 4.60. The lowest BCUT2D eigenvalue weighted by Gasteiger charge is -2.27. The van der Waals surface area contributed by atoms with Crippen LogP contribution in [-0.2, 0) is 27.7 Å². The summed E-state index contributed by atoms with van der Waals surface area (Å²) in [5, 5.41) is 11.9. The number of aromatic nitrogens is 2. The largest absolute Gasteiger partial charge is 0.467 e. The number of nitrogens with one attached hydrogen (secondary N) is 1. The van der Waals surface area contributed by atoms with Crippen LogP contribution < -0.4 is 5.32 Å². The van der Waals surface area contributed by atoms with E-state index in [4.69, 9.17) is 8.83 Å². The van der Waals surface area contributed by atoms with Crippen LogP contribution in [0, 0.1) is 0 Å². The molecule has 4 rings (SSSR count). The number of carbonyl (C=O) groups excluding carboxylic acids is 1. The normalized spacial score (nSPS) is 17.8. The second kappa shape index (κ2) is 9.23. The molecule has 1 amide bonds. The van der Waals surface area contributed by atoms with Crippen molar-refractivity contribution in [1.82, 2.24) is 15.1 Å². The van der Waals surface area contributed by atoms with E-state index in [-0.39, 0.29) is 35.8 Å². The molecule has 1 saturated heterocycles. The summed E-state index contributed by atoms with van der Waals surface area (Å²) in [6.07, 6.45) is 3.59. The Labute approximate surface area is 181 Å². The van der Waals surface area contributed by atoms with Gasteiger partial charge in [0.1, 0.15) is 11.5 Å². The summed E-state index contributed by atoms with van der Waals surface area (Å²) < 4.78 is 35.1. The molecule has 9 nitrogen and oxygen atoms in total. The average Bonchev–Trinajstić information content (AvgIpc) is 3.51. The molecule has 4 heterocycles. The maximum absolute atomic E-state index is 12.9. The van der Waals surface area contributed by atoms with Crippen LogP contribution in [0.4, 0.5) is 5.13 Å². The van der Waals surface area contributed by atoms with Crippen molar-refractivity contribution in [1.29, 1.82) is 0 Å². The summed E-state index contributed by atoms with van der Waals surface area (Å²) in [5.74, 6) is 1.49. The molecule has 3 aromatic heterocycles. The van der Waals surface area contributed by atoms with Gasteiger partial charge in [-0.3, -0.25) is 4.79 Å². The third kappa shape index (κ3) is 5.43. The standard InChI is InChI=1S/C18H20N4O5S3/c23-16(11-28-18-21-20-17(29-18)19-9-14-3-1-6-26-14)22(10-15-4-2-7-27-15)13-5-8-30(24,25)12-13/h1-4,6-7,13H,5,8-12H2,(H,19,20)/t13-/m1/s1. The first-order chi connectivity index (χ1) is 14.5. The van der Waals surface area contributed by atoms with Crippen molar-refractivity contribution in [3.05, 3.63) is 48.3 Å². The monoisotopic (exact) mass is 468 g/mol. The molecule has 0 bridgehead atoms. The number of rotatable bonds is 9. The molecule has 160 valence electrons. The van der Waals surface area contributed by atoms with Gasteiger partial charge in [0.2, 0.25) is 11.0 Å². The molecule has 30 heavy (non-hydrogen) atoms. The van der Waals surface area contributed by atoms with Gasteiger partial charge in [0.15, 0.2) is 14.2 Å². The Kier molecular flexibility index (Phi) is 6.44. The van der Waals surface area contributed by atoms with Crippen LogP contribution in [0.1, 0.15) is 17.9 Å². The van der Waals surface area contributed by atoms with E-state index in [0.29, 0.717) is 28.2 Å². The molecule has 3 aromatic rings. The molecule has 0 aliphatic carbocycles. The number of carbonyl (C=O) groups is 1. The second-order valence-corrected chi connectivity index (χ2v) is 11.2. The van der Waals surface area contributed by atoms with Crippen molar-refractivity contribution < 1.29 is 22.0 Å². The quantitative estimate of drug-likeness (QED) is 0.473. The molecule has 0 spiro atoms. The van der Waals surface area contributed by atoms with E-state index in [9.17, 15) is 13.2 Å². The first-order valence-electron chi connectivity index (χ1n) is 9.23. The van der Waals surface area contributed by atoms with Gasteiger partial charge in [-0.1, -0.05) is 23.1 Å². The summed E-state index contributed by atoms with van der Waals surface area (Å²) in [5.41, 5.74) is 0. The first-order valence-corrected chi connectivity index (χ1v) is 12.9. The number of nitrogens with zero attached hydrogens (tertiary/aromatic N) is 3. The molecule has 0 aromatic carbocycles. The van der Waals surface area contributed by atoms with E-state index < -0.39 is 9.84 Å². The SMILES string of the molecule is O=C(CSc1nnc(NCc2ccco2)s1)N(Cc1ccco1)[C@@H]1CCS(=O)(=O)C1. The van der Waals surface area contributed by atoms with Gasteiger partial charge in [0.05, 0.1) is 42.9 Å². The minimum atomic E-state index is -3.11. The smallest absolute Gasteiger partial charge is 0.233 e. The summed E-state index contributed by atoms with van der Waals surface area (Å²) in [6.45, 7) is 0.747. The fourth-order valence-electron chi connectivity index (χ4n) is 3.13. The van der Waals surface area contributed by atoms with Gasteiger partial charge in [-0.05, 0) is 30.7 Å². The van der Waals surface area contributed by atoms with Gasteiger partial charge < -0.3 is 19.1 Å². The number of anilines is 1. The Balaban J connectivity index is 1.35. The van der Waals surface area contributed by atoms with Gasteiger partial charge in [0.25, 0.3) is 0 Å². The first kappa shape index (κ1) is 20.9. The van der Waals surface area contributed by atoms with Crippen molar-refractivity contribution in [2.45, 2.75) is 29.9 Å². The third-order valence-corrected chi connectivity index (χ3v) is 8.34. The number of sulfone groups is 1. The van der Waals surface area contributed by atoms with Crippen LogP contribution in [0.2, 0.25) is 0 Å². The molecule has 1 atom stereocenters. The Hall–Kier alpha value is -2.31. The van der Waals surface area contributed by atoms with Crippen LogP contribution in [-0.4, -0.2) is 52.7 Å². The molecule has 0 saturated carbocycles. The number of hydrogen-bond acceptors (Lipinski definition) is 10. The Morgan fingerprint density at radius 1 is 1.23 bits per heavy atom. The Morgan fingerprint density at radius 2 is 2.00 bits per heavy atom. The maximum atomic E-state index is 12.9. The lowest BCUT2D eigenvalue weighted by atomic mass is 10.2. The van der Waals surface area contributed by atoms with E-state index in [2.05, 4.69) is 15.5 Å². The van der Waals surface area contributed by atoms with Crippen molar-refractivity contribution in [3.8, 4) is 0 Å². The fourth-order valence-corrected chi connectivity index (χ4v) is 6.50. The van der Waals surface area contributed by atoms with Gasteiger partial charge in [0, 0.05) is 6.04 Å². The van der Waals surface area contributed by atoms with Crippen molar-refractivity contribution >= 4 is 44.0 Å². The van der Waals surface area contributed by atoms with Crippen LogP contribution >= 0.6 is 23.1 Å². The minimum absolute atomic E-state index is 0.0101. The zero-order valence-electron chi connectivity index (χ0n) is 15.9. The minimum Gasteiger partial charge on any atom is -0.467 e. The molecule has 1 aliphatic heterocycles. The topological polar surface area (TPSA) is 119 Å². The zero-order valence-corrected chi connectivity index (χ0v) is 18.3. The highest BCUT2D eigenvalue weighted by molar-refractivity contribution is 8.01. The zero-order chi connectivity index (χ0) is 21.0. The number of thioether (sulfide) groups is 1. The summed E-state index contributed by atoms with van der Waals surface area (Å²) in [6, 6.07) is 6.86. The lowest BCUT2D eigenvalue weighted by molar-refractivity contribution is -0.131. The molecular formula is C18H20N4O5S3. The Bertz CT molecular complexity index is 1060. The van der Waals surface area contributed by atoms with Gasteiger partial charge in [-0.2, -0.15) is 0 Å². The number of amides is 1. The number of hydrogen-bond donors (Lipinski definition) is 1.